The first kappa shape index (κ1) is 17.6. The Labute approximate surface area is 138 Å². The summed E-state index contributed by atoms with van der Waals surface area (Å²) >= 11 is 0. The Bertz CT molecular complexity index is 745. The first-order valence-corrected chi connectivity index (χ1v) is 7.69. The normalized spacial score (nSPS) is 10.6. The molecule has 0 fully saturated rings. The molecule has 0 atom stereocenters. The lowest BCUT2D eigenvalue weighted by Crippen LogP contribution is -2.36. The van der Waals surface area contributed by atoms with Crippen LogP contribution in [0.2, 0.25) is 0 Å². The van der Waals surface area contributed by atoms with E-state index in [0.29, 0.717) is 18.7 Å². The summed E-state index contributed by atoms with van der Waals surface area (Å²) in [4.78, 5) is 28.8. The first-order valence-electron chi connectivity index (χ1n) is 7.69. The van der Waals surface area contributed by atoms with Gasteiger partial charge in [0.2, 0.25) is 5.82 Å². The number of carboxylic acids is 1. The topological polar surface area (TPSA) is 88.3 Å². The van der Waals surface area contributed by atoms with Gasteiger partial charge in [-0.15, -0.1) is 5.10 Å². The lowest BCUT2D eigenvalue weighted by atomic mass is 10.3. The number of nitrogens with zero attached hydrogens (tertiary/aromatic N) is 4. The van der Waals surface area contributed by atoms with Crippen LogP contribution in [0.25, 0.3) is 5.69 Å². The standard InChI is InChI=1S/C16H19FN4O3/c1-3-9-20(10-14(22)23)16(24)15-18-13(4-2)21(19-15)12-8-6-5-7-11(12)17/h5-8H,3-4,9-10H2,1-2H3,(H,22,23). The second kappa shape index (κ2) is 7.67. The van der Waals surface area contributed by atoms with Crippen molar-refractivity contribution in [2.75, 3.05) is 13.1 Å². The number of halogens is 1. The molecule has 1 aromatic heterocycles. The van der Waals surface area contributed by atoms with Crippen molar-refractivity contribution >= 4 is 11.9 Å². The van der Waals surface area contributed by atoms with Gasteiger partial charge in [0.15, 0.2) is 0 Å². The molecule has 0 saturated carbocycles. The number of para-hydroxylation sites is 1. The number of aryl methyl sites for hydroxylation is 1. The van der Waals surface area contributed by atoms with Gasteiger partial charge in [0.1, 0.15) is 23.9 Å². The van der Waals surface area contributed by atoms with Crippen LogP contribution in [0.15, 0.2) is 24.3 Å². The molecule has 1 aromatic carbocycles. The van der Waals surface area contributed by atoms with E-state index >= 15 is 0 Å². The van der Waals surface area contributed by atoms with Gasteiger partial charge >= 0.3 is 5.97 Å². The SMILES string of the molecule is CCCN(CC(=O)O)C(=O)c1nc(CC)n(-c2ccccc2F)n1. The van der Waals surface area contributed by atoms with Crippen molar-refractivity contribution in [1.82, 2.24) is 19.7 Å². The van der Waals surface area contributed by atoms with Crippen molar-refractivity contribution in [2.24, 2.45) is 0 Å². The lowest BCUT2D eigenvalue weighted by Gasteiger charge is -2.17. The molecule has 7 nitrogen and oxygen atoms in total. The third kappa shape index (κ3) is 3.76. The van der Waals surface area contributed by atoms with E-state index in [2.05, 4.69) is 10.1 Å². The van der Waals surface area contributed by atoms with E-state index in [-0.39, 0.29) is 18.1 Å². The van der Waals surface area contributed by atoms with Gasteiger partial charge in [0.05, 0.1) is 0 Å². The van der Waals surface area contributed by atoms with Gasteiger partial charge in [-0.05, 0) is 18.6 Å². The van der Waals surface area contributed by atoms with Crippen LogP contribution >= 0.6 is 0 Å². The van der Waals surface area contributed by atoms with Crippen molar-refractivity contribution in [2.45, 2.75) is 26.7 Å². The van der Waals surface area contributed by atoms with E-state index in [0.717, 1.165) is 0 Å². The van der Waals surface area contributed by atoms with Crippen molar-refractivity contribution in [3.8, 4) is 5.69 Å². The highest BCUT2D eigenvalue weighted by Gasteiger charge is 2.24. The van der Waals surface area contributed by atoms with Crippen LogP contribution in [-0.2, 0) is 11.2 Å². The Kier molecular flexibility index (Phi) is 5.62. The van der Waals surface area contributed by atoms with Gasteiger partial charge in [0, 0.05) is 13.0 Å². The zero-order valence-electron chi connectivity index (χ0n) is 13.6. The van der Waals surface area contributed by atoms with Gasteiger partial charge < -0.3 is 10.0 Å². The summed E-state index contributed by atoms with van der Waals surface area (Å²) in [5.74, 6) is -1.88. The summed E-state index contributed by atoms with van der Waals surface area (Å²) in [5.41, 5.74) is 0.196. The molecule has 0 spiro atoms. The molecule has 0 radical (unpaired) electrons. The lowest BCUT2D eigenvalue weighted by molar-refractivity contribution is -0.137. The van der Waals surface area contributed by atoms with E-state index in [1.807, 2.05) is 13.8 Å². The fraction of sp³-hybridized carbons (Fsp3) is 0.375. The largest absolute Gasteiger partial charge is 0.480 e. The maximum atomic E-state index is 14.0. The molecule has 2 rings (SSSR count). The van der Waals surface area contributed by atoms with Gasteiger partial charge in [-0.3, -0.25) is 9.59 Å². The molecule has 1 heterocycles. The number of rotatable bonds is 7. The minimum atomic E-state index is -1.11. The van der Waals surface area contributed by atoms with Crippen LogP contribution in [-0.4, -0.2) is 49.7 Å². The molecule has 0 aliphatic rings. The zero-order chi connectivity index (χ0) is 17.7. The fourth-order valence-corrected chi connectivity index (χ4v) is 2.31. The van der Waals surface area contributed by atoms with E-state index in [9.17, 15) is 14.0 Å². The smallest absolute Gasteiger partial charge is 0.323 e. The molecule has 0 aliphatic heterocycles. The Morgan fingerprint density at radius 3 is 2.58 bits per heavy atom. The average molecular weight is 334 g/mol. The first-order chi connectivity index (χ1) is 11.5. The molecule has 1 amide bonds. The van der Waals surface area contributed by atoms with Crippen LogP contribution in [0.5, 0.6) is 0 Å². The molecule has 8 heteroatoms. The van der Waals surface area contributed by atoms with Gasteiger partial charge in [-0.1, -0.05) is 26.0 Å². The highest BCUT2D eigenvalue weighted by Crippen LogP contribution is 2.15. The quantitative estimate of drug-likeness (QED) is 0.835. The molecule has 1 N–H and O–H groups in total. The number of carbonyl (C=O) groups is 2. The molecular weight excluding hydrogens is 315 g/mol. The van der Waals surface area contributed by atoms with Crippen molar-refractivity contribution in [1.29, 1.82) is 0 Å². The number of aliphatic carboxylic acids is 1. The summed E-state index contributed by atoms with van der Waals surface area (Å²) in [6.45, 7) is 3.50. The molecule has 0 unspecified atom stereocenters. The summed E-state index contributed by atoms with van der Waals surface area (Å²) in [7, 11) is 0. The maximum Gasteiger partial charge on any atom is 0.323 e. The molecule has 128 valence electrons. The average Bonchev–Trinajstić information content (AvgIpc) is 2.98. The number of amides is 1. The Morgan fingerprint density at radius 2 is 2.00 bits per heavy atom. The fourth-order valence-electron chi connectivity index (χ4n) is 2.31. The van der Waals surface area contributed by atoms with Crippen LogP contribution < -0.4 is 0 Å². The van der Waals surface area contributed by atoms with Gasteiger partial charge in [-0.25, -0.2) is 14.1 Å². The minimum absolute atomic E-state index is 0.134. The molecule has 24 heavy (non-hydrogen) atoms. The number of benzene rings is 1. The molecular formula is C16H19FN4O3. The predicted octanol–water partition coefficient (Wildman–Crippen LogP) is 1.91. The van der Waals surface area contributed by atoms with E-state index in [1.165, 1.54) is 15.6 Å². The third-order valence-corrected chi connectivity index (χ3v) is 3.37. The highest BCUT2D eigenvalue weighted by atomic mass is 19.1. The monoisotopic (exact) mass is 334 g/mol. The minimum Gasteiger partial charge on any atom is -0.480 e. The number of hydrogen-bond donors (Lipinski definition) is 1. The van der Waals surface area contributed by atoms with Gasteiger partial charge in [-0.2, -0.15) is 0 Å². The number of aromatic nitrogens is 3. The Morgan fingerprint density at radius 1 is 1.29 bits per heavy atom. The van der Waals surface area contributed by atoms with E-state index in [1.54, 1.807) is 18.2 Å². The summed E-state index contributed by atoms with van der Waals surface area (Å²) in [5, 5.41) is 13.0. The van der Waals surface area contributed by atoms with Crippen LogP contribution in [0.3, 0.4) is 0 Å². The molecule has 0 saturated heterocycles. The van der Waals surface area contributed by atoms with Crippen molar-refractivity contribution in [3.63, 3.8) is 0 Å². The van der Waals surface area contributed by atoms with Crippen LogP contribution in [0.1, 0.15) is 36.7 Å². The Hall–Kier alpha value is -2.77. The van der Waals surface area contributed by atoms with Crippen LogP contribution in [0, 0.1) is 5.82 Å². The highest BCUT2D eigenvalue weighted by molar-refractivity contribution is 5.92. The molecule has 0 aliphatic carbocycles. The number of hydrogen-bond acceptors (Lipinski definition) is 4. The molecule has 0 bridgehead atoms. The van der Waals surface area contributed by atoms with Crippen molar-refractivity contribution < 1.29 is 19.1 Å². The zero-order valence-corrected chi connectivity index (χ0v) is 13.6. The second-order valence-corrected chi connectivity index (χ2v) is 5.19. The second-order valence-electron chi connectivity index (χ2n) is 5.19. The van der Waals surface area contributed by atoms with Crippen molar-refractivity contribution in [3.05, 3.63) is 41.7 Å². The predicted molar refractivity (Wildman–Crippen MR) is 84.5 cm³/mol. The summed E-state index contributed by atoms with van der Waals surface area (Å²) < 4.78 is 15.3. The molecule has 2 aromatic rings. The number of carbonyl (C=O) groups excluding carboxylic acids is 1. The maximum absolute atomic E-state index is 14.0. The third-order valence-electron chi connectivity index (χ3n) is 3.37. The number of carboxylic acid groups (broad SMARTS) is 1. The van der Waals surface area contributed by atoms with E-state index < -0.39 is 24.2 Å². The summed E-state index contributed by atoms with van der Waals surface area (Å²) in [6, 6.07) is 6.06. The van der Waals surface area contributed by atoms with E-state index in [4.69, 9.17) is 5.11 Å². The van der Waals surface area contributed by atoms with Crippen LogP contribution in [0.4, 0.5) is 4.39 Å². The summed E-state index contributed by atoms with van der Waals surface area (Å²) in [6.07, 6.45) is 1.05. The Balaban J connectivity index is 2.40. The van der Waals surface area contributed by atoms with Gasteiger partial charge in [0.25, 0.3) is 5.91 Å².